The van der Waals surface area contributed by atoms with E-state index in [1.165, 1.54) is 25.8 Å². The Labute approximate surface area is 207 Å². The fourth-order valence-corrected chi connectivity index (χ4v) is 6.82. The van der Waals surface area contributed by atoms with Crippen molar-refractivity contribution < 1.29 is 28.7 Å². The van der Waals surface area contributed by atoms with Crippen molar-refractivity contribution in [1.29, 1.82) is 0 Å². The first-order valence-corrected chi connectivity index (χ1v) is 11.2. The van der Waals surface area contributed by atoms with Crippen LogP contribution in [-0.2, 0) is 19.1 Å². The zero-order valence-electron chi connectivity index (χ0n) is 15.0. The predicted octanol–water partition coefficient (Wildman–Crippen LogP) is 3.03. The van der Waals surface area contributed by atoms with E-state index >= 15 is 0 Å². The highest BCUT2D eigenvalue weighted by atomic mass is 127. The number of carbonyl (C=O) groups excluding carboxylic acids is 4. The molecule has 0 radical (unpaired) electrons. The lowest BCUT2D eigenvalue weighted by Gasteiger charge is -2.25. The first-order valence-electron chi connectivity index (χ1n) is 7.60. The summed E-state index contributed by atoms with van der Waals surface area (Å²) in [6.45, 7) is 2.21. The van der Waals surface area contributed by atoms with Crippen molar-refractivity contribution in [3.8, 4) is 0 Å². The van der Waals surface area contributed by atoms with Crippen molar-refractivity contribution in [1.82, 2.24) is 4.90 Å². The summed E-state index contributed by atoms with van der Waals surface area (Å²) in [6.07, 6.45) is -0.846. The number of hydrogen-bond donors (Lipinski definition) is 1. The average Bonchev–Trinajstić information content (AvgIpc) is 2.56. The Kier molecular flexibility index (Phi) is 10.2. The quantitative estimate of drug-likeness (QED) is 0.198. The largest absolute Gasteiger partial charge is 0.462 e. The number of likely N-dealkylation sites (N-methyl/N-ethyl adjacent to an activating group) is 1. The molecule has 0 saturated carbocycles. The van der Waals surface area contributed by atoms with Crippen LogP contribution in [0.5, 0.6) is 0 Å². The number of rotatable bonds is 7. The number of nitrogens with zero attached hydrogens (tertiary/aromatic N) is 1. The van der Waals surface area contributed by atoms with Gasteiger partial charge in [-0.1, -0.05) is 0 Å². The first-order chi connectivity index (χ1) is 12.9. The molecule has 0 aliphatic carbocycles. The molecule has 1 atom stereocenters. The molecule has 0 aliphatic heterocycles. The zero-order chi connectivity index (χ0) is 21.8. The second-order valence-electron chi connectivity index (χ2n) is 5.60. The summed E-state index contributed by atoms with van der Waals surface area (Å²) in [6, 6.07) is 0. The molecule has 0 bridgehead atoms. The van der Waals surface area contributed by atoms with Crippen molar-refractivity contribution in [2.45, 2.75) is 20.0 Å². The standard InChI is InChI=1S/C16H16ClI3N2O6/c1-6(23)27-5-8(28-7(2)24)4-22(3)16(26)10-11(18)9(15(17)25)12(19)14(21)13(10)20/h8H,4-5,21H2,1-3H3. The molecule has 0 aromatic heterocycles. The van der Waals surface area contributed by atoms with Crippen LogP contribution in [0.3, 0.4) is 0 Å². The fourth-order valence-electron chi connectivity index (χ4n) is 2.19. The highest BCUT2D eigenvalue weighted by Gasteiger charge is 2.29. The van der Waals surface area contributed by atoms with Gasteiger partial charge in [-0.05, 0) is 79.4 Å². The van der Waals surface area contributed by atoms with E-state index in [2.05, 4.69) is 0 Å². The molecular weight excluding hydrogens is 732 g/mol. The number of anilines is 1. The molecule has 1 rings (SSSR count). The third kappa shape index (κ3) is 6.55. The number of amides is 1. The molecule has 154 valence electrons. The molecule has 12 heteroatoms. The van der Waals surface area contributed by atoms with Crippen LogP contribution < -0.4 is 5.73 Å². The van der Waals surface area contributed by atoms with E-state index in [-0.39, 0.29) is 30.0 Å². The van der Waals surface area contributed by atoms with Gasteiger partial charge in [0.2, 0.25) is 0 Å². The molecule has 8 nitrogen and oxygen atoms in total. The van der Waals surface area contributed by atoms with Gasteiger partial charge in [0, 0.05) is 24.5 Å². The van der Waals surface area contributed by atoms with E-state index in [4.69, 9.17) is 26.8 Å². The SMILES string of the molecule is CC(=O)OCC(CN(C)C(=O)c1c(I)c(N)c(I)c(C(=O)Cl)c1I)OC(C)=O. The van der Waals surface area contributed by atoms with Crippen LogP contribution in [0.2, 0.25) is 0 Å². The summed E-state index contributed by atoms with van der Waals surface area (Å²) in [7, 11) is 1.50. The van der Waals surface area contributed by atoms with E-state index in [1.54, 1.807) is 0 Å². The van der Waals surface area contributed by atoms with Gasteiger partial charge >= 0.3 is 11.9 Å². The van der Waals surface area contributed by atoms with Crippen molar-refractivity contribution in [3.63, 3.8) is 0 Å². The van der Waals surface area contributed by atoms with Crippen LogP contribution in [-0.4, -0.2) is 54.3 Å². The number of nitrogen functional groups attached to an aromatic ring is 1. The number of carbonyl (C=O) groups is 4. The lowest BCUT2D eigenvalue weighted by molar-refractivity contribution is -0.156. The van der Waals surface area contributed by atoms with Crippen molar-refractivity contribution in [3.05, 3.63) is 21.8 Å². The van der Waals surface area contributed by atoms with Crippen LogP contribution in [0, 0.1) is 10.7 Å². The minimum absolute atomic E-state index is 0.0338. The Hall–Kier alpha value is -0.420. The molecule has 1 amide bonds. The number of halogens is 4. The molecule has 2 N–H and O–H groups in total. The molecule has 28 heavy (non-hydrogen) atoms. The van der Waals surface area contributed by atoms with Gasteiger partial charge in [0.15, 0.2) is 6.10 Å². The maximum absolute atomic E-state index is 13.0. The Balaban J connectivity index is 3.23. The molecule has 1 aromatic rings. The number of nitrogens with two attached hydrogens (primary N) is 1. The fraction of sp³-hybridized carbons (Fsp3) is 0.375. The number of ether oxygens (including phenoxy) is 2. The van der Waals surface area contributed by atoms with Gasteiger partial charge in [-0.2, -0.15) is 0 Å². The minimum Gasteiger partial charge on any atom is -0.462 e. The lowest BCUT2D eigenvalue weighted by atomic mass is 10.1. The van der Waals surface area contributed by atoms with Crippen LogP contribution in [0.1, 0.15) is 34.6 Å². The van der Waals surface area contributed by atoms with Crippen molar-refractivity contribution >= 4 is 108 Å². The van der Waals surface area contributed by atoms with Gasteiger partial charge in [0.1, 0.15) is 6.61 Å². The summed E-state index contributed by atoms with van der Waals surface area (Å²) in [4.78, 5) is 48.5. The van der Waals surface area contributed by atoms with Gasteiger partial charge in [-0.3, -0.25) is 19.2 Å². The first kappa shape index (κ1) is 25.6. The zero-order valence-corrected chi connectivity index (χ0v) is 22.2. The predicted molar refractivity (Wildman–Crippen MR) is 128 cm³/mol. The topological polar surface area (TPSA) is 116 Å². The maximum atomic E-state index is 13.0. The van der Waals surface area contributed by atoms with Gasteiger partial charge in [-0.15, -0.1) is 0 Å². The summed E-state index contributed by atoms with van der Waals surface area (Å²) in [5.41, 5.74) is 6.71. The summed E-state index contributed by atoms with van der Waals surface area (Å²) >= 11 is 11.4. The molecule has 1 aromatic carbocycles. The normalized spacial score (nSPS) is 11.5. The summed E-state index contributed by atoms with van der Waals surface area (Å²) in [5, 5.41) is -0.721. The smallest absolute Gasteiger partial charge is 0.303 e. The number of benzene rings is 1. The average molecular weight is 748 g/mol. The van der Waals surface area contributed by atoms with Gasteiger partial charge < -0.3 is 20.1 Å². The van der Waals surface area contributed by atoms with E-state index < -0.39 is 29.2 Å². The molecule has 0 heterocycles. The molecule has 0 fully saturated rings. The molecule has 0 saturated heterocycles. The van der Waals surface area contributed by atoms with Crippen LogP contribution in [0.25, 0.3) is 0 Å². The van der Waals surface area contributed by atoms with Crippen LogP contribution in [0.15, 0.2) is 0 Å². The highest BCUT2D eigenvalue weighted by Crippen LogP contribution is 2.35. The van der Waals surface area contributed by atoms with Crippen molar-refractivity contribution in [2.24, 2.45) is 0 Å². The van der Waals surface area contributed by atoms with Gasteiger partial charge in [0.05, 0.1) is 30.5 Å². The van der Waals surface area contributed by atoms with Gasteiger partial charge in [0.25, 0.3) is 11.1 Å². The summed E-state index contributed by atoms with van der Waals surface area (Å²) < 4.78 is 11.3. The Morgan fingerprint density at radius 3 is 2.04 bits per heavy atom. The van der Waals surface area contributed by atoms with E-state index in [0.29, 0.717) is 10.7 Å². The Bertz CT molecular complexity index is 833. The highest BCUT2D eigenvalue weighted by molar-refractivity contribution is 14.1. The monoisotopic (exact) mass is 748 g/mol. The van der Waals surface area contributed by atoms with Crippen LogP contribution >= 0.6 is 79.4 Å². The lowest BCUT2D eigenvalue weighted by Crippen LogP contribution is -2.39. The second-order valence-corrected chi connectivity index (χ2v) is 9.18. The number of hydrogen-bond acceptors (Lipinski definition) is 7. The van der Waals surface area contributed by atoms with E-state index in [1.807, 2.05) is 67.8 Å². The maximum Gasteiger partial charge on any atom is 0.303 e. The summed E-state index contributed by atoms with van der Waals surface area (Å²) in [5.74, 6) is -1.56. The second kappa shape index (κ2) is 11.1. The molecule has 0 spiro atoms. The van der Waals surface area contributed by atoms with E-state index in [0.717, 1.165) is 0 Å². The molecule has 1 unspecified atom stereocenters. The van der Waals surface area contributed by atoms with Crippen molar-refractivity contribution in [2.75, 3.05) is 25.9 Å². The van der Waals surface area contributed by atoms with E-state index in [9.17, 15) is 19.2 Å². The van der Waals surface area contributed by atoms with Gasteiger partial charge in [-0.25, -0.2) is 0 Å². The Morgan fingerprint density at radius 1 is 1.04 bits per heavy atom. The molecular formula is C16H16ClI3N2O6. The molecule has 0 aliphatic rings. The third-order valence-electron chi connectivity index (χ3n) is 3.39. The third-order valence-corrected chi connectivity index (χ3v) is 6.90. The minimum atomic E-state index is -0.846. The Morgan fingerprint density at radius 2 is 1.57 bits per heavy atom. The van der Waals surface area contributed by atoms with Crippen LogP contribution in [0.4, 0.5) is 5.69 Å². The number of esters is 2.